The molecule has 0 aliphatic rings. The molecule has 1 atom stereocenters. The molecule has 0 aliphatic carbocycles. The summed E-state index contributed by atoms with van der Waals surface area (Å²) in [5.74, 6) is 0. The van der Waals surface area contributed by atoms with E-state index >= 15 is 0 Å². The fourth-order valence-electron chi connectivity index (χ4n) is 1.48. The molecule has 84 valence electrons. The third-order valence-electron chi connectivity index (χ3n) is 2.44. The van der Waals surface area contributed by atoms with Gasteiger partial charge in [-0.25, -0.2) is 4.98 Å². The maximum absolute atomic E-state index is 5.63. The van der Waals surface area contributed by atoms with Gasteiger partial charge in [0.2, 0.25) is 0 Å². The van der Waals surface area contributed by atoms with E-state index in [4.69, 9.17) is 5.73 Å². The molecule has 0 amide bonds. The number of rotatable bonds is 3. The normalized spacial score (nSPS) is 12.4. The molecule has 1 unspecified atom stereocenters. The van der Waals surface area contributed by atoms with Crippen LogP contribution in [0.25, 0.3) is 0 Å². The standard InChI is InChI=1S/C12H15N3S/c1-8-3-5-10(6-4-8)9(2)15-12-14-7-11(13)16-12/h3-7,9H,13H2,1-2H3,(H,14,15). The van der Waals surface area contributed by atoms with E-state index in [0.29, 0.717) is 0 Å². The summed E-state index contributed by atoms with van der Waals surface area (Å²) in [4.78, 5) is 4.18. The molecule has 3 nitrogen and oxygen atoms in total. The number of aromatic nitrogens is 1. The lowest BCUT2D eigenvalue weighted by molar-refractivity contribution is 0.881. The van der Waals surface area contributed by atoms with Crippen LogP contribution in [-0.4, -0.2) is 4.98 Å². The molecule has 0 spiro atoms. The number of aryl methyl sites for hydroxylation is 1. The molecule has 1 aromatic heterocycles. The van der Waals surface area contributed by atoms with Gasteiger partial charge in [0.15, 0.2) is 5.13 Å². The van der Waals surface area contributed by atoms with Gasteiger partial charge in [0.1, 0.15) is 5.00 Å². The lowest BCUT2D eigenvalue weighted by Crippen LogP contribution is -2.05. The molecule has 4 heteroatoms. The summed E-state index contributed by atoms with van der Waals surface area (Å²) in [5.41, 5.74) is 8.15. The minimum Gasteiger partial charge on any atom is -0.389 e. The second-order valence-electron chi connectivity index (χ2n) is 3.84. The second-order valence-corrected chi connectivity index (χ2v) is 4.91. The van der Waals surface area contributed by atoms with Gasteiger partial charge in [-0.3, -0.25) is 0 Å². The smallest absolute Gasteiger partial charge is 0.185 e. The van der Waals surface area contributed by atoms with Crippen LogP contribution in [0.15, 0.2) is 30.5 Å². The number of benzene rings is 1. The van der Waals surface area contributed by atoms with Gasteiger partial charge in [0.25, 0.3) is 0 Å². The fourth-order valence-corrected chi connectivity index (χ4v) is 2.15. The zero-order chi connectivity index (χ0) is 11.5. The maximum atomic E-state index is 5.63. The molecule has 0 saturated carbocycles. The van der Waals surface area contributed by atoms with Crippen molar-refractivity contribution in [1.29, 1.82) is 0 Å². The van der Waals surface area contributed by atoms with Crippen LogP contribution in [0, 0.1) is 6.92 Å². The van der Waals surface area contributed by atoms with Crippen molar-refractivity contribution in [2.45, 2.75) is 19.9 Å². The third kappa shape index (κ3) is 2.52. The van der Waals surface area contributed by atoms with Crippen LogP contribution in [0.3, 0.4) is 0 Å². The van der Waals surface area contributed by atoms with Crippen molar-refractivity contribution in [2.24, 2.45) is 0 Å². The van der Waals surface area contributed by atoms with E-state index in [0.717, 1.165) is 10.1 Å². The molecule has 16 heavy (non-hydrogen) atoms. The number of anilines is 2. The number of hydrogen-bond donors (Lipinski definition) is 2. The van der Waals surface area contributed by atoms with E-state index < -0.39 is 0 Å². The van der Waals surface area contributed by atoms with Crippen LogP contribution in [0.5, 0.6) is 0 Å². The summed E-state index contributed by atoms with van der Waals surface area (Å²) in [6.07, 6.45) is 1.68. The lowest BCUT2D eigenvalue weighted by Gasteiger charge is -2.13. The molecule has 2 rings (SSSR count). The Balaban J connectivity index is 2.08. The van der Waals surface area contributed by atoms with Crippen molar-refractivity contribution < 1.29 is 0 Å². The molecule has 1 aromatic carbocycles. The summed E-state index contributed by atoms with van der Waals surface area (Å²) in [6.45, 7) is 4.20. The summed E-state index contributed by atoms with van der Waals surface area (Å²) in [5, 5.41) is 4.93. The molecule has 0 bridgehead atoms. The Labute approximate surface area is 99.3 Å². The van der Waals surface area contributed by atoms with E-state index in [2.05, 4.69) is 48.4 Å². The molecule has 1 heterocycles. The SMILES string of the molecule is Cc1ccc(C(C)Nc2ncc(N)s2)cc1. The predicted molar refractivity (Wildman–Crippen MR) is 69.7 cm³/mol. The molecule has 0 saturated heterocycles. The summed E-state index contributed by atoms with van der Waals surface area (Å²) >= 11 is 1.47. The molecule has 3 N–H and O–H groups in total. The maximum Gasteiger partial charge on any atom is 0.185 e. The number of nitrogen functional groups attached to an aromatic ring is 1. The Morgan fingerprint density at radius 3 is 2.56 bits per heavy atom. The highest BCUT2D eigenvalue weighted by molar-refractivity contribution is 7.19. The van der Waals surface area contributed by atoms with Gasteiger partial charge in [0.05, 0.1) is 12.2 Å². The summed E-state index contributed by atoms with van der Waals surface area (Å²) in [6, 6.07) is 8.73. The van der Waals surface area contributed by atoms with E-state index in [1.807, 2.05) is 0 Å². The van der Waals surface area contributed by atoms with Gasteiger partial charge in [-0.05, 0) is 19.4 Å². The first-order chi connectivity index (χ1) is 7.65. The Morgan fingerprint density at radius 1 is 1.31 bits per heavy atom. The number of nitrogens with two attached hydrogens (primary N) is 1. The molecule has 0 fully saturated rings. The average Bonchev–Trinajstić information content (AvgIpc) is 2.65. The highest BCUT2D eigenvalue weighted by atomic mass is 32.1. The number of hydrogen-bond acceptors (Lipinski definition) is 4. The minimum absolute atomic E-state index is 0.242. The monoisotopic (exact) mass is 233 g/mol. The zero-order valence-electron chi connectivity index (χ0n) is 9.40. The Kier molecular flexibility index (Phi) is 3.10. The Hall–Kier alpha value is -1.55. The molecule has 0 radical (unpaired) electrons. The van der Waals surface area contributed by atoms with Crippen molar-refractivity contribution in [3.8, 4) is 0 Å². The van der Waals surface area contributed by atoms with Crippen LogP contribution in [0.1, 0.15) is 24.1 Å². The number of nitrogens with zero attached hydrogens (tertiary/aromatic N) is 1. The quantitative estimate of drug-likeness (QED) is 0.856. The number of nitrogens with one attached hydrogen (secondary N) is 1. The molecular weight excluding hydrogens is 218 g/mol. The summed E-state index contributed by atoms with van der Waals surface area (Å²) in [7, 11) is 0. The van der Waals surface area contributed by atoms with Crippen LogP contribution in [0.4, 0.5) is 10.1 Å². The van der Waals surface area contributed by atoms with Crippen molar-refractivity contribution in [3.63, 3.8) is 0 Å². The van der Waals surface area contributed by atoms with Gasteiger partial charge in [0, 0.05) is 0 Å². The van der Waals surface area contributed by atoms with Crippen LogP contribution >= 0.6 is 11.3 Å². The third-order valence-corrected chi connectivity index (χ3v) is 3.20. The van der Waals surface area contributed by atoms with Gasteiger partial charge < -0.3 is 11.1 Å². The van der Waals surface area contributed by atoms with Crippen LogP contribution in [-0.2, 0) is 0 Å². The first-order valence-electron chi connectivity index (χ1n) is 5.19. The van der Waals surface area contributed by atoms with Crippen molar-refractivity contribution in [3.05, 3.63) is 41.6 Å². The summed E-state index contributed by atoms with van der Waals surface area (Å²) < 4.78 is 0. The molecule has 0 aliphatic heterocycles. The largest absolute Gasteiger partial charge is 0.389 e. The average molecular weight is 233 g/mol. The number of thiazole rings is 1. The highest BCUT2D eigenvalue weighted by Gasteiger charge is 2.06. The van der Waals surface area contributed by atoms with E-state index in [1.165, 1.54) is 22.5 Å². The Bertz CT molecular complexity index is 461. The van der Waals surface area contributed by atoms with Gasteiger partial charge in [-0.15, -0.1) is 0 Å². The van der Waals surface area contributed by atoms with Crippen LogP contribution in [0.2, 0.25) is 0 Å². The van der Waals surface area contributed by atoms with E-state index in [-0.39, 0.29) is 6.04 Å². The van der Waals surface area contributed by atoms with Crippen molar-refractivity contribution in [1.82, 2.24) is 4.98 Å². The highest BCUT2D eigenvalue weighted by Crippen LogP contribution is 2.24. The lowest BCUT2D eigenvalue weighted by atomic mass is 10.1. The zero-order valence-corrected chi connectivity index (χ0v) is 10.2. The topological polar surface area (TPSA) is 50.9 Å². The minimum atomic E-state index is 0.242. The predicted octanol–water partition coefficient (Wildman–Crippen LogP) is 3.21. The fraction of sp³-hybridized carbons (Fsp3) is 0.250. The van der Waals surface area contributed by atoms with E-state index in [1.54, 1.807) is 6.20 Å². The van der Waals surface area contributed by atoms with E-state index in [9.17, 15) is 0 Å². The molecular formula is C12H15N3S. The van der Waals surface area contributed by atoms with Crippen LogP contribution < -0.4 is 11.1 Å². The second kappa shape index (κ2) is 4.53. The van der Waals surface area contributed by atoms with Crippen molar-refractivity contribution in [2.75, 3.05) is 11.1 Å². The first kappa shape index (κ1) is 11.0. The molecule has 2 aromatic rings. The first-order valence-corrected chi connectivity index (χ1v) is 6.01. The van der Waals surface area contributed by atoms with Crippen molar-refractivity contribution >= 4 is 21.5 Å². The Morgan fingerprint density at radius 2 is 2.00 bits per heavy atom. The van der Waals surface area contributed by atoms with Gasteiger partial charge in [-0.1, -0.05) is 41.2 Å². The van der Waals surface area contributed by atoms with Gasteiger partial charge in [-0.2, -0.15) is 0 Å². The van der Waals surface area contributed by atoms with Gasteiger partial charge >= 0.3 is 0 Å².